The van der Waals surface area contributed by atoms with E-state index in [9.17, 15) is 4.79 Å². The molecule has 1 aromatic rings. The lowest BCUT2D eigenvalue weighted by atomic mass is 9.92. The smallest absolute Gasteiger partial charge is 0.236 e. The van der Waals surface area contributed by atoms with Crippen LogP contribution in [0.25, 0.3) is 0 Å². The molecule has 0 N–H and O–H groups in total. The van der Waals surface area contributed by atoms with Gasteiger partial charge in [-0.1, -0.05) is 13.8 Å². The van der Waals surface area contributed by atoms with Gasteiger partial charge in [0, 0.05) is 24.7 Å². The normalized spacial score (nSPS) is 26.8. The zero-order chi connectivity index (χ0) is 18.7. The van der Waals surface area contributed by atoms with Gasteiger partial charge in [0.1, 0.15) is 11.5 Å². The molecule has 1 amide bonds. The number of carbonyl (C=O) groups excluding carboxylic acids is 1. The summed E-state index contributed by atoms with van der Waals surface area (Å²) in [5.74, 6) is 3.15. The molecule has 2 heterocycles. The molecule has 0 saturated carbocycles. The van der Waals surface area contributed by atoms with Crippen LogP contribution in [-0.4, -0.2) is 56.1 Å². The first kappa shape index (κ1) is 19.0. The molecule has 5 nitrogen and oxygen atoms in total. The highest BCUT2D eigenvalue weighted by Gasteiger charge is 2.32. The van der Waals surface area contributed by atoms with Gasteiger partial charge in [-0.3, -0.25) is 9.69 Å². The number of carbonyl (C=O) groups is 1. The Morgan fingerprint density at radius 1 is 1.15 bits per heavy atom. The average Bonchev–Trinajstić information content (AvgIpc) is 3.08. The van der Waals surface area contributed by atoms with Crippen LogP contribution in [0.15, 0.2) is 18.2 Å². The Morgan fingerprint density at radius 3 is 2.54 bits per heavy atom. The van der Waals surface area contributed by atoms with E-state index in [1.807, 2.05) is 12.1 Å². The predicted molar refractivity (Wildman–Crippen MR) is 103 cm³/mol. The van der Waals surface area contributed by atoms with Gasteiger partial charge < -0.3 is 14.4 Å². The average molecular weight is 360 g/mol. The maximum atomic E-state index is 12.9. The third-order valence-electron chi connectivity index (χ3n) is 5.72. The lowest BCUT2D eigenvalue weighted by molar-refractivity contribution is -0.135. The molecular formula is C21H32N2O3. The number of rotatable bonds is 5. The summed E-state index contributed by atoms with van der Waals surface area (Å²) in [7, 11) is 3.38. The molecule has 3 atom stereocenters. The molecule has 0 aliphatic carbocycles. The molecule has 0 radical (unpaired) electrons. The Kier molecular flexibility index (Phi) is 6.07. The van der Waals surface area contributed by atoms with Crippen LogP contribution in [0.4, 0.5) is 0 Å². The van der Waals surface area contributed by atoms with Gasteiger partial charge in [0.25, 0.3) is 0 Å². The minimum Gasteiger partial charge on any atom is -0.497 e. The second-order valence-electron chi connectivity index (χ2n) is 7.98. The molecule has 2 aliphatic heterocycles. The maximum Gasteiger partial charge on any atom is 0.236 e. The van der Waals surface area contributed by atoms with Crippen molar-refractivity contribution >= 4 is 5.91 Å². The molecule has 0 unspecified atom stereocenters. The molecule has 0 spiro atoms. The highest BCUT2D eigenvalue weighted by Crippen LogP contribution is 2.38. The van der Waals surface area contributed by atoms with Crippen LogP contribution in [0.2, 0.25) is 0 Å². The van der Waals surface area contributed by atoms with Crippen LogP contribution in [0.3, 0.4) is 0 Å². The standard InChI is InChI=1S/C21H32N2O3/c1-15-10-16(2)13-23(12-15)21(24)14-22-9-5-6-19(22)18-11-17(25-3)7-8-20(18)26-4/h7-8,11,15-16,19H,5-6,9-10,12-14H2,1-4H3/t15-,16+,19-/m0/s1. The Balaban J connectivity index is 1.73. The van der Waals surface area contributed by atoms with E-state index in [0.717, 1.165) is 49.5 Å². The number of hydrogen-bond acceptors (Lipinski definition) is 4. The molecular weight excluding hydrogens is 328 g/mol. The fourth-order valence-corrected chi connectivity index (χ4v) is 4.61. The highest BCUT2D eigenvalue weighted by molar-refractivity contribution is 5.78. The Morgan fingerprint density at radius 2 is 1.88 bits per heavy atom. The number of benzene rings is 1. The van der Waals surface area contributed by atoms with E-state index >= 15 is 0 Å². The summed E-state index contributed by atoms with van der Waals surface area (Å²) in [6.07, 6.45) is 3.37. The van der Waals surface area contributed by atoms with Crippen molar-refractivity contribution in [1.82, 2.24) is 9.80 Å². The number of methoxy groups -OCH3 is 2. The molecule has 1 aromatic carbocycles. The lowest BCUT2D eigenvalue weighted by Crippen LogP contribution is -2.46. The Labute approximate surface area is 157 Å². The number of ether oxygens (including phenoxy) is 2. The van der Waals surface area contributed by atoms with E-state index in [1.165, 1.54) is 6.42 Å². The molecule has 2 saturated heterocycles. The summed E-state index contributed by atoms with van der Waals surface area (Å²) in [4.78, 5) is 17.3. The van der Waals surface area contributed by atoms with E-state index in [0.29, 0.717) is 18.4 Å². The zero-order valence-corrected chi connectivity index (χ0v) is 16.5. The van der Waals surface area contributed by atoms with Gasteiger partial charge in [-0.15, -0.1) is 0 Å². The monoisotopic (exact) mass is 360 g/mol. The van der Waals surface area contributed by atoms with E-state index in [2.05, 4.69) is 29.7 Å². The third kappa shape index (κ3) is 4.14. The summed E-state index contributed by atoms with van der Waals surface area (Å²) < 4.78 is 11.0. The summed E-state index contributed by atoms with van der Waals surface area (Å²) in [6.45, 7) is 7.72. The SMILES string of the molecule is COc1ccc(OC)c([C@@H]2CCCN2CC(=O)N2C[C@H](C)C[C@H](C)C2)c1. The molecule has 5 heteroatoms. The van der Waals surface area contributed by atoms with Gasteiger partial charge in [0.05, 0.1) is 20.8 Å². The van der Waals surface area contributed by atoms with Crippen molar-refractivity contribution in [1.29, 1.82) is 0 Å². The predicted octanol–water partition coefficient (Wildman–Crippen LogP) is 3.35. The van der Waals surface area contributed by atoms with Crippen molar-refractivity contribution in [3.05, 3.63) is 23.8 Å². The van der Waals surface area contributed by atoms with E-state index in [-0.39, 0.29) is 11.9 Å². The van der Waals surface area contributed by atoms with E-state index in [4.69, 9.17) is 9.47 Å². The van der Waals surface area contributed by atoms with Gasteiger partial charge in [0.15, 0.2) is 0 Å². The number of likely N-dealkylation sites (tertiary alicyclic amines) is 2. The van der Waals surface area contributed by atoms with Crippen LogP contribution in [0, 0.1) is 11.8 Å². The van der Waals surface area contributed by atoms with Crippen molar-refractivity contribution in [2.75, 3.05) is 40.4 Å². The second kappa shape index (κ2) is 8.30. The van der Waals surface area contributed by atoms with Gasteiger partial charge in [-0.25, -0.2) is 0 Å². The lowest BCUT2D eigenvalue weighted by Gasteiger charge is -2.36. The maximum absolute atomic E-state index is 12.9. The van der Waals surface area contributed by atoms with E-state index < -0.39 is 0 Å². The number of hydrogen-bond donors (Lipinski definition) is 0. The minimum atomic E-state index is 0.212. The molecule has 26 heavy (non-hydrogen) atoms. The number of nitrogens with zero attached hydrogens (tertiary/aromatic N) is 2. The first-order valence-electron chi connectivity index (χ1n) is 9.75. The van der Waals surface area contributed by atoms with Crippen LogP contribution < -0.4 is 9.47 Å². The highest BCUT2D eigenvalue weighted by atomic mass is 16.5. The fourth-order valence-electron chi connectivity index (χ4n) is 4.61. The molecule has 144 valence electrons. The van der Waals surface area contributed by atoms with Crippen molar-refractivity contribution in [2.45, 2.75) is 39.2 Å². The Hall–Kier alpha value is -1.75. The molecule has 0 aromatic heterocycles. The molecule has 0 bridgehead atoms. The fraction of sp³-hybridized carbons (Fsp3) is 0.667. The van der Waals surface area contributed by atoms with Crippen LogP contribution >= 0.6 is 0 Å². The van der Waals surface area contributed by atoms with Crippen molar-refractivity contribution in [3.8, 4) is 11.5 Å². The first-order valence-corrected chi connectivity index (χ1v) is 9.75. The quantitative estimate of drug-likeness (QED) is 0.808. The number of piperidine rings is 1. The van der Waals surface area contributed by atoms with Crippen molar-refractivity contribution in [3.63, 3.8) is 0 Å². The molecule has 2 aliphatic rings. The van der Waals surface area contributed by atoms with Crippen molar-refractivity contribution in [2.24, 2.45) is 11.8 Å². The van der Waals surface area contributed by atoms with Gasteiger partial charge in [0.2, 0.25) is 5.91 Å². The Bertz CT molecular complexity index is 624. The third-order valence-corrected chi connectivity index (χ3v) is 5.72. The van der Waals surface area contributed by atoms with Crippen LogP contribution in [0.5, 0.6) is 11.5 Å². The topological polar surface area (TPSA) is 42.0 Å². The van der Waals surface area contributed by atoms with Gasteiger partial charge >= 0.3 is 0 Å². The first-order chi connectivity index (χ1) is 12.5. The largest absolute Gasteiger partial charge is 0.497 e. The van der Waals surface area contributed by atoms with Crippen LogP contribution in [-0.2, 0) is 4.79 Å². The minimum absolute atomic E-state index is 0.212. The second-order valence-corrected chi connectivity index (χ2v) is 7.98. The molecule has 3 rings (SSSR count). The molecule has 2 fully saturated rings. The van der Waals surface area contributed by atoms with E-state index in [1.54, 1.807) is 14.2 Å². The van der Waals surface area contributed by atoms with Crippen LogP contribution in [0.1, 0.15) is 44.7 Å². The summed E-state index contributed by atoms with van der Waals surface area (Å²) >= 11 is 0. The van der Waals surface area contributed by atoms with Crippen molar-refractivity contribution < 1.29 is 14.3 Å². The number of amides is 1. The van der Waals surface area contributed by atoms with Gasteiger partial charge in [-0.05, 0) is 55.8 Å². The zero-order valence-electron chi connectivity index (χ0n) is 16.5. The van der Waals surface area contributed by atoms with Gasteiger partial charge in [-0.2, -0.15) is 0 Å². The summed E-state index contributed by atoms with van der Waals surface area (Å²) in [5.41, 5.74) is 1.12. The summed E-state index contributed by atoms with van der Waals surface area (Å²) in [5, 5.41) is 0. The summed E-state index contributed by atoms with van der Waals surface area (Å²) in [6, 6.07) is 6.14.